The van der Waals surface area contributed by atoms with Gasteiger partial charge in [0, 0.05) is 31.0 Å². The SMILES string of the molecule is COC(=O)NC1CCC(C(=O)N2CCC[C@H]2c2nc3ccc(-c4ccc(-c5ccc6nc([C@@H]7CCCN7C(=O)C7CCC(C)CC7)[nH]c6c5)cc4)cc3[nH]2)CC1. The number of ether oxygens (including phenoxy) is 1. The van der Waals surface area contributed by atoms with Crippen LogP contribution in [0, 0.1) is 17.8 Å². The van der Waals surface area contributed by atoms with E-state index in [1.165, 1.54) is 7.11 Å². The van der Waals surface area contributed by atoms with E-state index in [2.05, 4.69) is 87.8 Å². The first-order valence-electron chi connectivity index (χ1n) is 20.9. The van der Waals surface area contributed by atoms with Gasteiger partial charge in [-0.3, -0.25) is 9.59 Å². The Morgan fingerprint density at radius 2 is 1.07 bits per heavy atom. The molecule has 4 heterocycles. The third-order valence-corrected chi connectivity index (χ3v) is 13.2. The molecule has 0 spiro atoms. The smallest absolute Gasteiger partial charge is 0.407 e. The van der Waals surface area contributed by atoms with Gasteiger partial charge in [-0.1, -0.05) is 43.3 Å². The van der Waals surface area contributed by atoms with Gasteiger partial charge in [-0.15, -0.1) is 0 Å². The second-order valence-corrected chi connectivity index (χ2v) is 16.8. The summed E-state index contributed by atoms with van der Waals surface area (Å²) in [4.78, 5) is 60.2. The van der Waals surface area contributed by atoms with Crippen molar-refractivity contribution >= 4 is 40.0 Å². The van der Waals surface area contributed by atoms with Crippen LogP contribution in [0.1, 0.15) is 108 Å². The van der Waals surface area contributed by atoms with Crippen molar-refractivity contribution < 1.29 is 19.1 Å². The van der Waals surface area contributed by atoms with Crippen molar-refractivity contribution in [2.45, 2.75) is 102 Å². The Labute approximate surface area is 328 Å². The number of carbonyl (C=O) groups is 3. The van der Waals surface area contributed by atoms with Crippen LogP contribution in [0.3, 0.4) is 0 Å². The highest BCUT2D eigenvalue weighted by atomic mass is 16.5. The standard InChI is InChI=1S/C45H53N7O4/c1-27-7-9-30(10-8-27)43(53)51-23-3-5-39(51)41-47-35-21-17-32(25-37(35)49-41)28-11-13-29(14-12-28)33-18-22-36-38(26-33)50-42(48-36)40-6-4-24-52(40)44(54)31-15-19-34(20-16-31)46-45(55)56-2/h11-14,17-18,21-22,25-27,30-31,34,39-40H,3-10,15-16,19-20,23-24H2,1-2H3,(H,46,55)(H,47,49)(H,48,50)/t27?,30?,31?,34?,39-,40-/m0/s1. The summed E-state index contributed by atoms with van der Waals surface area (Å²) in [5.41, 5.74) is 8.25. The van der Waals surface area contributed by atoms with Crippen LogP contribution in [0.2, 0.25) is 0 Å². The van der Waals surface area contributed by atoms with Crippen molar-refractivity contribution in [3.05, 3.63) is 72.3 Å². The molecule has 4 aliphatic rings. The summed E-state index contributed by atoms with van der Waals surface area (Å²) < 4.78 is 4.75. The van der Waals surface area contributed by atoms with E-state index in [-0.39, 0.29) is 35.9 Å². The summed E-state index contributed by atoms with van der Waals surface area (Å²) >= 11 is 0. The van der Waals surface area contributed by atoms with Gasteiger partial charge >= 0.3 is 6.09 Å². The number of carbonyl (C=O) groups excluding carboxylic acids is 3. The molecule has 11 nitrogen and oxygen atoms in total. The molecule has 56 heavy (non-hydrogen) atoms. The first kappa shape index (κ1) is 36.4. The predicted octanol–water partition coefficient (Wildman–Crippen LogP) is 8.84. The number of hydrogen-bond donors (Lipinski definition) is 3. The van der Waals surface area contributed by atoms with Gasteiger partial charge in [0.05, 0.1) is 41.3 Å². The molecule has 3 N–H and O–H groups in total. The van der Waals surface area contributed by atoms with Gasteiger partial charge in [-0.2, -0.15) is 0 Å². The van der Waals surface area contributed by atoms with Crippen molar-refractivity contribution in [3.63, 3.8) is 0 Å². The number of alkyl carbamates (subject to hydrolysis) is 1. The van der Waals surface area contributed by atoms with Gasteiger partial charge in [0.2, 0.25) is 11.8 Å². The van der Waals surface area contributed by atoms with Crippen molar-refractivity contribution in [2.24, 2.45) is 17.8 Å². The molecule has 2 saturated carbocycles. The third-order valence-electron chi connectivity index (χ3n) is 13.2. The summed E-state index contributed by atoms with van der Waals surface area (Å²) in [6.45, 7) is 3.86. The molecule has 292 valence electrons. The monoisotopic (exact) mass is 755 g/mol. The molecular formula is C45H53N7O4. The maximum absolute atomic E-state index is 13.7. The highest BCUT2D eigenvalue weighted by Crippen LogP contribution is 2.39. The average molecular weight is 756 g/mol. The number of amides is 3. The summed E-state index contributed by atoms with van der Waals surface area (Å²) in [6, 6.07) is 21.4. The molecule has 2 aliphatic heterocycles. The molecule has 0 bridgehead atoms. The fourth-order valence-electron chi connectivity index (χ4n) is 9.90. The Hall–Kier alpha value is -5.19. The van der Waals surface area contributed by atoms with Crippen molar-refractivity contribution in [3.8, 4) is 22.3 Å². The van der Waals surface area contributed by atoms with Crippen molar-refractivity contribution in [1.29, 1.82) is 0 Å². The molecule has 2 atom stereocenters. The Bertz CT molecular complexity index is 2230. The van der Waals surface area contributed by atoms with Gasteiger partial charge in [0.15, 0.2) is 0 Å². The number of rotatable bonds is 7. The highest BCUT2D eigenvalue weighted by Gasteiger charge is 2.38. The maximum Gasteiger partial charge on any atom is 0.407 e. The zero-order valence-electron chi connectivity index (χ0n) is 32.6. The lowest BCUT2D eigenvalue weighted by molar-refractivity contribution is -0.138. The largest absolute Gasteiger partial charge is 0.453 e. The van der Waals surface area contributed by atoms with Gasteiger partial charge in [-0.05, 0) is 129 Å². The molecule has 11 heteroatoms. The van der Waals surface area contributed by atoms with E-state index in [0.717, 1.165) is 152 Å². The number of benzene rings is 3. The fraction of sp³-hybridized carbons (Fsp3) is 0.489. The number of methoxy groups -OCH3 is 1. The van der Waals surface area contributed by atoms with Gasteiger partial charge < -0.3 is 29.8 Å². The number of aromatic nitrogens is 4. The predicted molar refractivity (Wildman–Crippen MR) is 216 cm³/mol. The molecule has 9 rings (SSSR count). The van der Waals surface area contributed by atoms with Crippen molar-refractivity contribution in [2.75, 3.05) is 20.2 Å². The van der Waals surface area contributed by atoms with Crippen molar-refractivity contribution in [1.82, 2.24) is 35.1 Å². The Morgan fingerprint density at radius 1 is 0.625 bits per heavy atom. The molecule has 3 amide bonds. The molecule has 0 radical (unpaired) electrons. The minimum atomic E-state index is -0.409. The van der Waals surface area contributed by atoms with Crippen LogP contribution < -0.4 is 5.32 Å². The van der Waals surface area contributed by atoms with Crippen LogP contribution in [0.25, 0.3) is 44.3 Å². The molecule has 0 unspecified atom stereocenters. The van der Waals surface area contributed by atoms with Crippen LogP contribution in [0.4, 0.5) is 4.79 Å². The molecule has 5 aromatic rings. The lowest BCUT2D eigenvalue weighted by Crippen LogP contribution is -2.42. The fourth-order valence-corrected chi connectivity index (χ4v) is 9.90. The molecule has 3 aromatic carbocycles. The van der Waals surface area contributed by atoms with Crippen LogP contribution in [0.5, 0.6) is 0 Å². The topological polar surface area (TPSA) is 136 Å². The van der Waals surface area contributed by atoms with Gasteiger partial charge in [0.1, 0.15) is 11.6 Å². The van der Waals surface area contributed by atoms with E-state index in [0.29, 0.717) is 5.91 Å². The Kier molecular flexibility index (Phi) is 10.0. The molecule has 2 saturated heterocycles. The van der Waals surface area contributed by atoms with Gasteiger partial charge in [-0.25, -0.2) is 14.8 Å². The number of imidazole rings is 2. The zero-order chi connectivity index (χ0) is 38.3. The minimum absolute atomic E-state index is 0.0224. The van der Waals surface area contributed by atoms with E-state index in [1.54, 1.807) is 0 Å². The van der Waals surface area contributed by atoms with Crippen LogP contribution in [0.15, 0.2) is 60.7 Å². The number of H-pyrrole nitrogens is 2. The second kappa shape index (κ2) is 15.4. The molecule has 2 aliphatic carbocycles. The number of nitrogens with zero attached hydrogens (tertiary/aromatic N) is 4. The maximum atomic E-state index is 13.7. The lowest BCUT2D eigenvalue weighted by atomic mass is 9.82. The average Bonchev–Trinajstić information content (AvgIpc) is 4.06. The number of hydrogen-bond acceptors (Lipinski definition) is 6. The second-order valence-electron chi connectivity index (χ2n) is 16.8. The number of nitrogens with one attached hydrogen (secondary N) is 3. The highest BCUT2D eigenvalue weighted by molar-refractivity contribution is 5.85. The zero-order valence-corrected chi connectivity index (χ0v) is 32.6. The van der Waals surface area contributed by atoms with E-state index in [9.17, 15) is 14.4 Å². The normalized spacial score (nSPS) is 25.5. The quantitative estimate of drug-likeness (QED) is 0.152. The number of aromatic amines is 2. The summed E-state index contributed by atoms with van der Waals surface area (Å²) in [5.74, 6) is 3.14. The number of likely N-dealkylation sites (tertiary alicyclic amines) is 2. The molecule has 2 aromatic heterocycles. The Balaban J connectivity index is 0.867. The first-order valence-corrected chi connectivity index (χ1v) is 20.9. The lowest BCUT2D eigenvalue weighted by Gasteiger charge is -2.32. The van der Waals surface area contributed by atoms with E-state index < -0.39 is 6.09 Å². The van der Waals surface area contributed by atoms with E-state index in [1.807, 2.05) is 4.90 Å². The summed E-state index contributed by atoms with van der Waals surface area (Å²) in [5, 5.41) is 2.89. The van der Waals surface area contributed by atoms with Crippen LogP contribution in [-0.2, 0) is 14.3 Å². The summed E-state index contributed by atoms with van der Waals surface area (Å²) in [7, 11) is 1.38. The van der Waals surface area contributed by atoms with Crippen LogP contribution >= 0.6 is 0 Å². The number of fused-ring (bicyclic) bond motifs is 2. The van der Waals surface area contributed by atoms with Gasteiger partial charge in [0.25, 0.3) is 0 Å². The Morgan fingerprint density at radius 3 is 1.54 bits per heavy atom. The first-order chi connectivity index (χ1) is 27.3. The van der Waals surface area contributed by atoms with E-state index >= 15 is 0 Å². The molecular weight excluding hydrogens is 703 g/mol. The van der Waals surface area contributed by atoms with Crippen LogP contribution in [-0.4, -0.2) is 73.9 Å². The minimum Gasteiger partial charge on any atom is -0.453 e. The third kappa shape index (κ3) is 7.16. The summed E-state index contributed by atoms with van der Waals surface area (Å²) in [6.07, 6.45) is 10.8. The van der Waals surface area contributed by atoms with E-state index in [4.69, 9.17) is 14.7 Å². The molecule has 4 fully saturated rings.